The van der Waals surface area contributed by atoms with Gasteiger partial charge in [-0.3, -0.25) is 0 Å². The second kappa shape index (κ2) is 3.72. The lowest BCUT2D eigenvalue weighted by molar-refractivity contribution is 0.983. The van der Waals surface area contributed by atoms with E-state index in [0.717, 1.165) is 5.56 Å². The molecule has 0 N–H and O–H groups in total. The number of aromatic nitrogens is 3. The van der Waals surface area contributed by atoms with Crippen LogP contribution in [0.1, 0.15) is 5.82 Å². The molecule has 1 heterocycles. The molecule has 4 heteroatoms. The SMILES string of the molecule is Cc1ncnc(-c2ccc(Cl)cc2)n1. The van der Waals surface area contributed by atoms with Crippen molar-refractivity contribution in [1.82, 2.24) is 15.0 Å². The zero-order valence-corrected chi connectivity index (χ0v) is 8.36. The predicted molar refractivity (Wildman–Crippen MR) is 55.0 cm³/mol. The van der Waals surface area contributed by atoms with Crippen molar-refractivity contribution in [2.75, 3.05) is 0 Å². The smallest absolute Gasteiger partial charge is 0.162 e. The van der Waals surface area contributed by atoms with Crippen molar-refractivity contribution in [3.05, 3.63) is 41.4 Å². The Hall–Kier alpha value is -1.48. The van der Waals surface area contributed by atoms with E-state index in [4.69, 9.17) is 11.6 Å². The molecule has 2 rings (SSSR count). The van der Waals surface area contributed by atoms with Crippen LogP contribution in [0, 0.1) is 6.92 Å². The normalized spacial score (nSPS) is 10.1. The van der Waals surface area contributed by atoms with Gasteiger partial charge < -0.3 is 0 Å². The standard InChI is InChI=1S/C10H8ClN3/c1-7-12-6-13-10(14-7)8-2-4-9(11)5-3-8/h2-6H,1H3. The van der Waals surface area contributed by atoms with E-state index in [1.165, 1.54) is 6.33 Å². The lowest BCUT2D eigenvalue weighted by Crippen LogP contribution is -1.93. The summed E-state index contributed by atoms with van der Waals surface area (Å²) in [5.41, 5.74) is 0.944. The first kappa shape index (κ1) is 9.09. The molecule has 0 saturated carbocycles. The van der Waals surface area contributed by atoms with Crippen LogP contribution >= 0.6 is 11.6 Å². The highest BCUT2D eigenvalue weighted by atomic mass is 35.5. The number of rotatable bonds is 1. The van der Waals surface area contributed by atoms with Gasteiger partial charge in [-0.2, -0.15) is 0 Å². The summed E-state index contributed by atoms with van der Waals surface area (Å²) in [6, 6.07) is 7.40. The Bertz CT molecular complexity index is 439. The van der Waals surface area contributed by atoms with E-state index in [1.54, 1.807) is 0 Å². The Balaban J connectivity index is 2.44. The predicted octanol–water partition coefficient (Wildman–Crippen LogP) is 2.50. The van der Waals surface area contributed by atoms with Gasteiger partial charge in [-0.1, -0.05) is 11.6 Å². The maximum Gasteiger partial charge on any atom is 0.162 e. The average molecular weight is 206 g/mol. The first-order valence-electron chi connectivity index (χ1n) is 4.17. The maximum atomic E-state index is 5.78. The van der Waals surface area contributed by atoms with Gasteiger partial charge in [0.25, 0.3) is 0 Å². The van der Waals surface area contributed by atoms with E-state index in [2.05, 4.69) is 15.0 Å². The fourth-order valence-corrected chi connectivity index (χ4v) is 1.24. The summed E-state index contributed by atoms with van der Waals surface area (Å²) in [5.74, 6) is 1.39. The molecule has 0 saturated heterocycles. The number of hydrogen-bond acceptors (Lipinski definition) is 3. The summed E-state index contributed by atoms with van der Waals surface area (Å²) in [6.07, 6.45) is 1.51. The summed E-state index contributed by atoms with van der Waals surface area (Å²) in [5, 5.41) is 0.708. The van der Waals surface area contributed by atoms with E-state index in [-0.39, 0.29) is 0 Å². The van der Waals surface area contributed by atoms with Gasteiger partial charge in [0.2, 0.25) is 0 Å². The molecule has 0 unspecified atom stereocenters. The molecule has 0 aliphatic heterocycles. The average Bonchev–Trinajstić information content (AvgIpc) is 2.19. The molecule has 0 amide bonds. The first-order chi connectivity index (χ1) is 6.75. The molecule has 0 aliphatic carbocycles. The van der Waals surface area contributed by atoms with Crippen LogP contribution in [0.15, 0.2) is 30.6 Å². The van der Waals surface area contributed by atoms with Crippen LogP contribution in [0.4, 0.5) is 0 Å². The van der Waals surface area contributed by atoms with E-state index < -0.39 is 0 Å². The summed E-state index contributed by atoms with van der Waals surface area (Å²) in [6.45, 7) is 1.83. The highest BCUT2D eigenvalue weighted by molar-refractivity contribution is 6.30. The highest BCUT2D eigenvalue weighted by Crippen LogP contribution is 2.17. The van der Waals surface area contributed by atoms with Gasteiger partial charge >= 0.3 is 0 Å². The fraction of sp³-hybridized carbons (Fsp3) is 0.100. The van der Waals surface area contributed by atoms with E-state index in [1.807, 2.05) is 31.2 Å². The van der Waals surface area contributed by atoms with Crippen LogP contribution in [0.25, 0.3) is 11.4 Å². The molecule has 0 atom stereocenters. The van der Waals surface area contributed by atoms with E-state index in [0.29, 0.717) is 16.7 Å². The Morgan fingerprint density at radius 2 is 1.79 bits per heavy atom. The number of nitrogens with zero attached hydrogens (tertiary/aromatic N) is 3. The van der Waals surface area contributed by atoms with Crippen molar-refractivity contribution >= 4 is 11.6 Å². The van der Waals surface area contributed by atoms with Gasteiger partial charge in [-0.05, 0) is 31.2 Å². The molecular weight excluding hydrogens is 198 g/mol. The molecule has 2 aromatic rings. The Labute approximate surface area is 86.8 Å². The van der Waals surface area contributed by atoms with Crippen LogP contribution in [0.2, 0.25) is 5.02 Å². The van der Waals surface area contributed by atoms with Gasteiger partial charge in [-0.15, -0.1) is 0 Å². The third kappa shape index (κ3) is 1.88. The van der Waals surface area contributed by atoms with Gasteiger partial charge in [0.15, 0.2) is 5.82 Å². The molecule has 0 fully saturated rings. The maximum absolute atomic E-state index is 5.78. The summed E-state index contributed by atoms with van der Waals surface area (Å²) in [7, 11) is 0. The molecule has 1 aromatic heterocycles. The van der Waals surface area contributed by atoms with Crippen molar-refractivity contribution in [3.8, 4) is 11.4 Å². The minimum absolute atomic E-state index is 0.675. The van der Waals surface area contributed by atoms with Crippen LogP contribution in [0.5, 0.6) is 0 Å². The van der Waals surface area contributed by atoms with E-state index >= 15 is 0 Å². The summed E-state index contributed by atoms with van der Waals surface area (Å²) in [4.78, 5) is 12.2. The minimum Gasteiger partial charge on any atom is -0.222 e. The summed E-state index contributed by atoms with van der Waals surface area (Å²) < 4.78 is 0. The molecule has 1 aromatic carbocycles. The van der Waals surface area contributed by atoms with Crippen LogP contribution in [-0.4, -0.2) is 15.0 Å². The monoisotopic (exact) mass is 205 g/mol. The van der Waals surface area contributed by atoms with Crippen molar-refractivity contribution < 1.29 is 0 Å². The first-order valence-corrected chi connectivity index (χ1v) is 4.55. The molecule has 70 valence electrons. The quantitative estimate of drug-likeness (QED) is 0.718. The molecule has 14 heavy (non-hydrogen) atoms. The largest absolute Gasteiger partial charge is 0.222 e. The Kier molecular flexibility index (Phi) is 2.41. The molecule has 0 aliphatic rings. The lowest BCUT2D eigenvalue weighted by Gasteiger charge is -1.99. The topological polar surface area (TPSA) is 38.7 Å². The third-order valence-electron chi connectivity index (χ3n) is 1.79. The number of aryl methyl sites for hydroxylation is 1. The fourth-order valence-electron chi connectivity index (χ4n) is 1.12. The Morgan fingerprint density at radius 3 is 2.43 bits per heavy atom. The van der Waals surface area contributed by atoms with Crippen molar-refractivity contribution in [2.24, 2.45) is 0 Å². The zero-order valence-electron chi connectivity index (χ0n) is 7.61. The van der Waals surface area contributed by atoms with Gasteiger partial charge in [0, 0.05) is 10.6 Å². The highest BCUT2D eigenvalue weighted by Gasteiger charge is 2.00. The van der Waals surface area contributed by atoms with Crippen molar-refractivity contribution in [2.45, 2.75) is 6.92 Å². The Morgan fingerprint density at radius 1 is 1.07 bits per heavy atom. The van der Waals surface area contributed by atoms with Crippen molar-refractivity contribution in [1.29, 1.82) is 0 Å². The molecular formula is C10H8ClN3. The molecule has 0 radical (unpaired) electrons. The van der Waals surface area contributed by atoms with E-state index in [9.17, 15) is 0 Å². The van der Waals surface area contributed by atoms with Crippen LogP contribution in [-0.2, 0) is 0 Å². The second-order valence-corrected chi connectivity index (χ2v) is 3.30. The lowest BCUT2D eigenvalue weighted by atomic mass is 10.2. The number of halogens is 1. The number of hydrogen-bond donors (Lipinski definition) is 0. The number of benzene rings is 1. The van der Waals surface area contributed by atoms with Crippen LogP contribution < -0.4 is 0 Å². The van der Waals surface area contributed by atoms with Gasteiger partial charge in [0.05, 0.1) is 0 Å². The van der Waals surface area contributed by atoms with Crippen molar-refractivity contribution in [3.63, 3.8) is 0 Å². The third-order valence-corrected chi connectivity index (χ3v) is 2.05. The minimum atomic E-state index is 0.675. The van der Waals surface area contributed by atoms with Gasteiger partial charge in [0.1, 0.15) is 12.2 Å². The second-order valence-electron chi connectivity index (χ2n) is 2.86. The van der Waals surface area contributed by atoms with Crippen LogP contribution in [0.3, 0.4) is 0 Å². The molecule has 3 nitrogen and oxygen atoms in total. The molecule has 0 spiro atoms. The molecule has 0 bridgehead atoms. The summed E-state index contributed by atoms with van der Waals surface area (Å²) >= 11 is 5.78. The zero-order chi connectivity index (χ0) is 9.97. The van der Waals surface area contributed by atoms with Gasteiger partial charge in [-0.25, -0.2) is 15.0 Å².